The van der Waals surface area contributed by atoms with Crippen molar-refractivity contribution in [3.63, 3.8) is 0 Å². The Kier molecular flexibility index (Phi) is 3.98. The smallest absolute Gasteiger partial charge is 0.0429 e. The molecule has 20 heavy (non-hydrogen) atoms. The Balaban J connectivity index is 1.84. The Bertz CT molecular complexity index is 615. The maximum absolute atomic E-state index is 3.95. The molecule has 104 valence electrons. The Labute approximate surface area is 130 Å². The van der Waals surface area contributed by atoms with Gasteiger partial charge in [-0.15, -0.1) is 0 Å². The Morgan fingerprint density at radius 3 is 2.75 bits per heavy atom. The maximum atomic E-state index is 3.95. The predicted molar refractivity (Wildman–Crippen MR) is 89.5 cm³/mol. The molecule has 0 saturated heterocycles. The fraction of sp³-hybridized carbons (Fsp3) is 0.368. The molecule has 0 heterocycles. The van der Waals surface area contributed by atoms with E-state index in [2.05, 4.69) is 72.2 Å². The monoisotopic (exact) mass is 328 g/mol. The van der Waals surface area contributed by atoms with Crippen molar-refractivity contribution in [1.82, 2.24) is 0 Å². The second kappa shape index (κ2) is 5.73. The van der Waals surface area contributed by atoms with Crippen LogP contribution in [0.3, 0.4) is 0 Å². The molecule has 0 bridgehead atoms. The molecule has 1 aliphatic carbocycles. The van der Waals surface area contributed by atoms with Crippen LogP contribution >= 0.6 is 15.9 Å². The van der Waals surface area contributed by atoms with Gasteiger partial charge in [0.05, 0.1) is 0 Å². The van der Waals surface area contributed by atoms with E-state index in [1.54, 1.807) is 0 Å². The quantitative estimate of drug-likeness (QED) is 0.634. The van der Waals surface area contributed by atoms with Gasteiger partial charge in [0.2, 0.25) is 0 Å². The van der Waals surface area contributed by atoms with Crippen LogP contribution in [0.4, 0.5) is 0 Å². The van der Waals surface area contributed by atoms with Crippen molar-refractivity contribution in [2.24, 2.45) is 5.92 Å². The van der Waals surface area contributed by atoms with E-state index in [-0.39, 0.29) is 0 Å². The van der Waals surface area contributed by atoms with Gasteiger partial charge >= 0.3 is 0 Å². The topological polar surface area (TPSA) is 0 Å². The minimum Gasteiger partial charge on any atom is -0.0836 e. The standard InChI is InChI=1S/C19H21Br/c1-13-7-8-14(2)17(11-13)12-16-10-9-15-5-3-4-6-18(15)19(16)20/h3-8,11,16,19H,9-10,12H2,1-2H3. The third-order valence-corrected chi connectivity index (χ3v) is 5.78. The Morgan fingerprint density at radius 1 is 1.10 bits per heavy atom. The third-order valence-electron chi connectivity index (χ3n) is 4.54. The highest BCUT2D eigenvalue weighted by Gasteiger charge is 2.27. The van der Waals surface area contributed by atoms with Crippen LogP contribution in [0.15, 0.2) is 42.5 Å². The van der Waals surface area contributed by atoms with E-state index in [0.29, 0.717) is 10.7 Å². The van der Waals surface area contributed by atoms with Gasteiger partial charge in [-0.05, 0) is 61.3 Å². The molecule has 2 aromatic carbocycles. The first kappa shape index (κ1) is 13.9. The lowest BCUT2D eigenvalue weighted by atomic mass is 9.80. The molecule has 0 saturated carbocycles. The SMILES string of the molecule is Cc1ccc(C)c(CC2CCc3ccccc3C2Br)c1. The minimum atomic E-state index is 0.493. The van der Waals surface area contributed by atoms with E-state index in [1.165, 1.54) is 47.1 Å². The lowest BCUT2D eigenvalue weighted by Crippen LogP contribution is -2.19. The van der Waals surface area contributed by atoms with Gasteiger partial charge in [-0.1, -0.05) is 64.0 Å². The van der Waals surface area contributed by atoms with Crippen LogP contribution in [0.2, 0.25) is 0 Å². The van der Waals surface area contributed by atoms with Crippen LogP contribution in [0.5, 0.6) is 0 Å². The maximum Gasteiger partial charge on any atom is 0.0429 e. The normalized spacial score (nSPS) is 21.6. The van der Waals surface area contributed by atoms with Crippen LogP contribution in [0, 0.1) is 19.8 Å². The van der Waals surface area contributed by atoms with Gasteiger partial charge in [0.1, 0.15) is 0 Å². The van der Waals surface area contributed by atoms with E-state index in [4.69, 9.17) is 0 Å². The summed E-state index contributed by atoms with van der Waals surface area (Å²) in [6.45, 7) is 4.42. The fourth-order valence-corrected chi connectivity index (χ4v) is 4.18. The van der Waals surface area contributed by atoms with Crippen LogP contribution in [0.25, 0.3) is 0 Å². The largest absolute Gasteiger partial charge is 0.0836 e. The first-order valence-corrected chi connectivity index (χ1v) is 8.34. The lowest BCUT2D eigenvalue weighted by Gasteiger charge is -2.30. The fourth-order valence-electron chi connectivity index (χ4n) is 3.28. The Morgan fingerprint density at radius 2 is 1.90 bits per heavy atom. The second-order valence-electron chi connectivity index (χ2n) is 6.03. The molecule has 1 heteroatoms. The number of fused-ring (bicyclic) bond motifs is 1. The summed E-state index contributed by atoms with van der Waals surface area (Å²) in [7, 11) is 0. The molecule has 1 aliphatic rings. The average Bonchev–Trinajstić information content (AvgIpc) is 2.46. The van der Waals surface area contributed by atoms with Crippen molar-refractivity contribution in [1.29, 1.82) is 0 Å². The van der Waals surface area contributed by atoms with Crippen molar-refractivity contribution in [2.75, 3.05) is 0 Å². The number of hydrogen-bond donors (Lipinski definition) is 0. The first-order chi connectivity index (χ1) is 9.65. The highest BCUT2D eigenvalue weighted by molar-refractivity contribution is 9.09. The molecular formula is C19H21Br. The molecular weight excluding hydrogens is 308 g/mol. The molecule has 0 nitrogen and oxygen atoms in total. The number of halogens is 1. The average molecular weight is 329 g/mol. The molecule has 2 atom stereocenters. The molecule has 0 aliphatic heterocycles. The summed E-state index contributed by atoms with van der Waals surface area (Å²) < 4.78 is 0. The van der Waals surface area contributed by atoms with E-state index in [9.17, 15) is 0 Å². The zero-order valence-electron chi connectivity index (χ0n) is 12.2. The second-order valence-corrected chi connectivity index (χ2v) is 7.02. The van der Waals surface area contributed by atoms with Crippen LogP contribution in [-0.4, -0.2) is 0 Å². The van der Waals surface area contributed by atoms with E-state index in [0.717, 1.165) is 0 Å². The van der Waals surface area contributed by atoms with Crippen molar-refractivity contribution in [3.05, 3.63) is 70.3 Å². The number of hydrogen-bond acceptors (Lipinski definition) is 0. The molecule has 2 unspecified atom stereocenters. The molecule has 0 radical (unpaired) electrons. The van der Waals surface area contributed by atoms with Gasteiger partial charge in [0.15, 0.2) is 0 Å². The van der Waals surface area contributed by atoms with Crippen LogP contribution in [0.1, 0.15) is 39.1 Å². The number of rotatable bonds is 2. The van der Waals surface area contributed by atoms with Gasteiger partial charge in [0, 0.05) is 4.83 Å². The molecule has 0 amide bonds. The summed E-state index contributed by atoms with van der Waals surface area (Å²) in [6, 6.07) is 15.7. The van der Waals surface area contributed by atoms with Crippen molar-refractivity contribution in [3.8, 4) is 0 Å². The Hall–Kier alpha value is -1.08. The third kappa shape index (κ3) is 2.69. The summed E-state index contributed by atoms with van der Waals surface area (Å²) in [4.78, 5) is 0.493. The first-order valence-electron chi connectivity index (χ1n) is 7.43. The van der Waals surface area contributed by atoms with Crippen molar-refractivity contribution >= 4 is 15.9 Å². The summed E-state index contributed by atoms with van der Waals surface area (Å²) >= 11 is 3.95. The number of aryl methyl sites for hydroxylation is 3. The van der Waals surface area contributed by atoms with E-state index in [1.807, 2.05) is 0 Å². The van der Waals surface area contributed by atoms with E-state index < -0.39 is 0 Å². The summed E-state index contributed by atoms with van der Waals surface area (Å²) in [6.07, 6.45) is 3.67. The highest BCUT2D eigenvalue weighted by Crippen LogP contribution is 2.42. The lowest BCUT2D eigenvalue weighted by molar-refractivity contribution is 0.451. The number of alkyl halides is 1. The zero-order chi connectivity index (χ0) is 14.1. The van der Waals surface area contributed by atoms with E-state index >= 15 is 0 Å². The molecule has 0 fully saturated rings. The minimum absolute atomic E-state index is 0.493. The molecule has 2 aromatic rings. The van der Waals surface area contributed by atoms with Gasteiger partial charge < -0.3 is 0 Å². The summed E-state index contributed by atoms with van der Waals surface area (Å²) in [5, 5.41) is 0. The van der Waals surface area contributed by atoms with Crippen molar-refractivity contribution < 1.29 is 0 Å². The van der Waals surface area contributed by atoms with Gasteiger partial charge in [-0.25, -0.2) is 0 Å². The van der Waals surface area contributed by atoms with Gasteiger partial charge in [-0.3, -0.25) is 0 Å². The zero-order valence-corrected chi connectivity index (χ0v) is 13.8. The summed E-state index contributed by atoms with van der Waals surface area (Å²) in [5.41, 5.74) is 7.32. The molecule has 0 aromatic heterocycles. The van der Waals surface area contributed by atoms with Crippen LogP contribution in [-0.2, 0) is 12.8 Å². The molecule has 0 N–H and O–H groups in total. The predicted octanol–water partition coefficient (Wildman–Crippen LogP) is 5.54. The van der Waals surface area contributed by atoms with Gasteiger partial charge in [-0.2, -0.15) is 0 Å². The van der Waals surface area contributed by atoms with Gasteiger partial charge in [0.25, 0.3) is 0 Å². The highest BCUT2D eigenvalue weighted by atomic mass is 79.9. The molecule has 3 rings (SSSR count). The van der Waals surface area contributed by atoms with Crippen molar-refractivity contribution in [2.45, 2.75) is 37.9 Å². The van der Waals surface area contributed by atoms with Crippen LogP contribution < -0.4 is 0 Å². The number of benzene rings is 2. The molecule has 0 spiro atoms. The summed E-state index contributed by atoms with van der Waals surface area (Å²) in [5.74, 6) is 0.699.